The van der Waals surface area contributed by atoms with E-state index >= 15 is 0 Å². The lowest BCUT2D eigenvalue weighted by Gasteiger charge is -2.25. The molecule has 1 amide bonds. The van der Waals surface area contributed by atoms with Gasteiger partial charge < -0.3 is 14.6 Å². The van der Waals surface area contributed by atoms with Gasteiger partial charge in [0.15, 0.2) is 0 Å². The maximum atomic E-state index is 12.5. The summed E-state index contributed by atoms with van der Waals surface area (Å²) >= 11 is 0. The highest BCUT2D eigenvalue weighted by molar-refractivity contribution is 5.76. The van der Waals surface area contributed by atoms with E-state index in [0.717, 1.165) is 31.6 Å². The predicted octanol–water partition coefficient (Wildman–Crippen LogP) is 2.69. The Hall–Kier alpha value is -1.29. The van der Waals surface area contributed by atoms with Crippen molar-refractivity contribution in [2.45, 2.75) is 63.6 Å². The van der Waals surface area contributed by atoms with E-state index in [1.54, 1.807) is 6.26 Å². The summed E-state index contributed by atoms with van der Waals surface area (Å²) in [4.78, 5) is 14.5. The van der Waals surface area contributed by atoms with E-state index in [-0.39, 0.29) is 5.91 Å². The van der Waals surface area contributed by atoms with Gasteiger partial charge in [0.2, 0.25) is 5.91 Å². The minimum absolute atomic E-state index is 0.288. The molecule has 1 aliphatic carbocycles. The zero-order valence-corrected chi connectivity index (χ0v) is 12.0. The number of hydrogen-bond donors (Lipinski definition) is 1. The fraction of sp³-hybridized carbons (Fsp3) is 0.688. The van der Waals surface area contributed by atoms with E-state index in [4.69, 9.17) is 4.42 Å². The highest BCUT2D eigenvalue weighted by atomic mass is 16.3. The SMILES string of the molecule is O=C(CCC1CCCCN1)N(Cc1ccco1)C1CC1. The van der Waals surface area contributed by atoms with Crippen LogP contribution in [0.2, 0.25) is 0 Å². The number of carbonyl (C=O) groups excluding carboxylic acids is 1. The fourth-order valence-corrected chi connectivity index (χ4v) is 2.99. The van der Waals surface area contributed by atoms with Crippen LogP contribution < -0.4 is 5.32 Å². The van der Waals surface area contributed by atoms with Crippen LogP contribution in [0.4, 0.5) is 0 Å². The quantitative estimate of drug-likeness (QED) is 0.869. The van der Waals surface area contributed by atoms with Crippen molar-refractivity contribution < 1.29 is 9.21 Å². The molecule has 1 saturated heterocycles. The third kappa shape index (κ3) is 3.63. The number of piperidine rings is 1. The summed E-state index contributed by atoms with van der Waals surface area (Å²) in [5.41, 5.74) is 0. The molecule has 0 aromatic carbocycles. The molecule has 4 nitrogen and oxygen atoms in total. The van der Waals surface area contributed by atoms with E-state index in [0.29, 0.717) is 25.0 Å². The summed E-state index contributed by atoms with van der Waals surface area (Å²) in [6, 6.07) is 4.83. The lowest BCUT2D eigenvalue weighted by molar-refractivity contribution is -0.132. The second-order valence-corrected chi connectivity index (χ2v) is 6.02. The molecule has 1 N–H and O–H groups in total. The summed E-state index contributed by atoms with van der Waals surface area (Å²) in [6.45, 7) is 1.74. The van der Waals surface area contributed by atoms with Crippen LogP contribution in [-0.2, 0) is 11.3 Å². The lowest BCUT2D eigenvalue weighted by Crippen LogP contribution is -2.37. The van der Waals surface area contributed by atoms with Crippen LogP contribution in [0.15, 0.2) is 22.8 Å². The number of furan rings is 1. The normalized spacial score (nSPS) is 22.7. The van der Waals surface area contributed by atoms with Crippen LogP contribution in [0, 0.1) is 0 Å². The maximum Gasteiger partial charge on any atom is 0.223 e. The standard InChI is InChI=1S/C16H24N2O2/c19-16(9-6-13-4-1-2-10-17-13)18(14-7-8-14)12-15-5-3-11-20-15/h3,5,11,13-14,17H,1-2,4,6-10,12H2. The van der Waals surface area contributed by atoms with E-state index in [1.165, 1.54) is 19.3 Å². The Morgan fingerprint density at radius 2 is 2.25 bits per heavy atom. The average Bonchev–Trinajstić information content (AvgIpc) is 3.20. The molecule has 4 heteroatoms. The third-order valence-electron chi connectivity index (χ3n) is 4.33. The molecule has 1 unspecified atom stereocenters. The van der Waals surface area contributed by atoms with Crippen molar-refractivity contribution in [1.29, 1.82) is 0 Å². The Morgan fingerprint density at radius 3 is 2.90 bits per heavy atom. The molecule has 1 aliphatic heterocycles. The summed E-state index contributed by atoms with van der Waals surface area (Å²) < 4.78 is 5.38. The van der Waals surface area contributed by atoms with Crippen LogP contribution in [-0.4, -0.2) is 29.4 Å². The first-order chi connectivity index (χ1) is 9.83. The van der Waals surface area contributed by atoms with Gasteiger partial charge in [0.1, 0.15) is 5.76 Å². The Kier molecular flexibility index (Phi) is 4.41. The lowest BCUT2D eigenvalue weighted by atomic mass is 10.0. The van der Waals surface area contributed by atoms with Crippen molar-refractivity contribution in [2.24, 2.45) is 0 Å². The highest BCUT2D eigenvalue weighted by Crippen LogP contribution is 2.29. The highest BCUT2D eigenvalue weighted by Gasteiger charge is 2.33. The molecular formula is C16H24N2O2. The summed E-state index contributed by atoms with van der Waals surface area (Å²) in [7, 11) is 0. The molecule has 1 aromatic rings. The van der Waals surface area contributed by atoms with Crippen molar-refractivity contribution in [3.8, 4) is 0 Å². The predicted molar refractivity (Wildman–Crippen MR) is 77.2 cm³/mol. The Labute approximate surface area is 120 Å². The maximum absolute atomic E-state index is 12.5. The first-order valence-corrected chi connectivity index (χ1v) is 7.88. The van der Waals surface area contributed by atoms with Gasteiger partial charge in [-0.15, -0.1) is 0 Å². The molecule has 3 rings (SSSR count). The second kappa shape index (κ2) is 6.44. The van der Waals surface area contributed by atoms with Gasteiger partial charge in [0.25, 0.3) is 0 Å². The Balaban J connectivity index is 1.50. The molecule has 110 valence electrons. The topological polar surface area (TPSA) is 45.5 Å². The monoisotopic (exact) mass is 276 g/mol. The molecular weight excluding hydrogens is 252 g/mol. The molecule has 1 saturated carbocycles. The zero-order chi connectivity index (χ0) is 13.8. The molecule has 1 aromatic heterocycles. The van der Waals surface area contributed by atoms with Gasteiger partial charge in [-0.1, -0.05) is 6.42 Å². The first-order valence-electron chi connectivity index (χ1n) is 7.88. The molecule has 2 fully saturated rings. The van der Waals surface area contributed by atoms with Crippen molar-refractivity contribution in [1.82, 2.24) is 10.2 Å². The number of carbonyl (C=O) groups is 1. The number of amides is 1. The van der Waals surface area contributed by atoms with E-state index in [1.807, 2.05) is 17.0 Å². The molecule has 2 heterocycles. The minimum atomic E-state index is 0.288. The first kappa shape index (κ1) is 13.7. The molecule has 0 radical (unpaired) electrons. The van der Waals surface area contributed by atoms with Gasteiger partial charge in [-0.05, 0) is 50.8 Å². The Morgan fingerprint density at radius 1 is 1.35 bits per heavy atom. The van der Waals surface area contributed by atoms with Crippen molar-refractivity contribution in [3.05, 3.63) is 24.2 Å². The van der Waals surface area contributed by atoms with Gasteiger partial charge >= 0.3 is 0 Å². The van der Waals surface area contributed by atoms with E-state index in [9.17, 15) is 4.79 Å². The van der Waals surface area contributed by atoms with Crippen molar-refractivity contribution in [3.63, 3.8) is 0 Å². The number of nitrogens with one attached hydrogen (secondary N) is 1. The fourth-order valence-electron chi connectivity index (χ4n) is 2.99. The second-order valence-electron chi connectivity index (χ2n) is 6.02. The van der Waals surface area contributed by atoms with Gasteiger partial charge in [-0.2, -0.15) is 0 Å². The molecule has 20 heavy (non-hydrogen) atoms. The molecule has 0 spiro atoms. The number of hydrogen-bond acceptors (Lipinski definition) is 3. The molecule has 2 aliphatic rings. The summed E-state index contributed by atoms with van der Waals surface area (Å²) in [6.07, 6.45) is 9.39. The van der Waals surface area contributed by atoms with Crippen LogP contribution in [0.5, 0.6) is 0 Å². The largest absolute Gasteiger partial charge is 0.467 e. The zero-order valence-electron chi connectivity index (χ0n) is 12.0. The van der Waals surface area contributed by atoms with Crippen LogP contribution in [0.3, 0.4) is 0 Å². The van der Waals surface area contributed by atoms with E-state index < -0.39 is 0 Å². The van der Waals surface area contributed by atoms with Crippen molar-refractivity contribution >= 4 is 5.91 Å². The van der Waals surface area contributed by atoms with Gasteiger partial charge in [0.05, 0.1) is 12.8 Å². The summed E-state index contributed by atoms with van der Waals surface area (Å²) in [5, 5.41) is 3.51. The number of nitrogens with zero attached hydrogens (tertiary/aromatic N) is 1. The third-order valence-corrected chi connectivity index (χ3v) is 4.33. The van der Waals surface area contributed by atoms with Crippen LogP contribution >= 0.6 is 0 Å². The van der Waals surface area contributed by atoms with Crippen molar-refractivity contribution in [2.75, 3.05) is 6.54 Å². The summed E-state index contributed by atoms with van der Waals surface area (Å²) in [5.74, 6) is 1.18. The minimum Gasteiger partial charge on any atom is -0.467 e. The van der Waals surface area contributed by atoms with Gasteiger partial charge in [-0.25, -0.2) is 0 Å². The van der Waals surface area contributed by atoms with E-state index in [2.05, 4.69) is 5.32 Å². The van der Waals surface area contributed by atoms with Gasteiger partial charge in [-0.3, -0.25) is 4.79 Å². The molecule has 1 atom stereocenters. The Bertz CT molecular complexity index is 420. The van der Waals surface area contributed by atoms with Gasteiger partial charge in [0, 0.05) is 18.5 Å². The molecule has 0 bridgehead atoms. The average molecular weight is 276 g/mol. The van der Waals surface area contributed by atoms with Crippen LogP contribution in [0.1, 0.15) is 50.7 Å². The van der Waals surface area contributed by atoms with Crippen LogP contribution in [0.25, 0.3) is 0 Å². The smallest absolute Gasteiger partial charge is 0.223 e. The number of rotatable bonds is 6.